The SMILES string of the molecule is CC([NH3+])c1ccc(F)cc1. The standard InChI is InChI=1S/C8H10FN/c1-6(10)7-2-4-8(9)5-3-7/h2-6H,10H2,1H3/p+1. The van der Waals surface area contributed by atoms with Gasteiger partial charge < -0.3 is 5.73 Å². The molecule has 0 aliphatic heterocycles. The van der Waals surface area contributed by atoms with E-state index in [2.05, 4.69) is 5.73 Å². The van der Waals surface area contributed by atoms with Gasteiger partial charge in [-0.15, -0.1) is 0 Å². The molecule has 1 aromatic rings. The van der Waals surface area contributed by atoms with E-state index in [1.54, 1.807) is 12.1 Å². The van der Waals surface area contributed by atoms with Crippen LogP contribution in [-0.4, -0.2) is 0 Å². The Morgan fingerprint density at radius 1 is 1.30 bits per heavy atom. The Labute approximate surface area is 59.7 Å². The van der Waals surface area contributed by atoms with E-state index in [1.165, 1.54) is 12.1 Å². The Kier molecular flexibility index (Phi) is 2.02. The molecule has 1 unspecified atom stereocenters. The summed E-state index contributed by atoms with van der Waals surface area (Å²) in [5.41, 5.74) is 4.89. The van der Waals surface area contributed by atoms with Crippen molar-refractivity contribution in [3.8, 4) is 0 Å². The maximum absolute atomic E-state index is 12.3. The third-order valence-electron chi connectivity index (χ3n) is 1.44. The van der Waals surface area contributed by atoms with Crippen LogP contribution in [0.3, 0.4) is 0 Å². The molecule has 10 heavy (non-hydrogen) atoms. The van der Waals surface area contributed by atoms with E-state index in [0.29, 0.717) is 0 Å². The van der Waals surface area contributed by atoms with Crippen LogP contribution in [-0.2, 0) is 0 Å². The van der Waals surface area contributed by atoms with E-state index in [0.717, 1.165) is 5.56 Å². The molecule has 2 heteroatoms. The molecule has 0 amide bonds. The van der Waals surface area contributed by atoms with Gasteiger partial charge in [0.05, 0.1) is 0 Å². The van der Waals surface area contributed by atoms with Gasteiger partial charge in [-0.2, -0.15) is 0 Å². The number of hydrogen-bond donors (Lipinski definition) is 1. The molecule has 0 saturated heterocycles. The lowest BCUT2D eigenvalue weighted by Crippen LogP contribution is -2.51. The highest BCUT2D eigenvalue weighted by atomic mass is 19.1. The van der Waals surface area contributed by atoms with Gasteiger partial charge in [-0.05, 0) is 19.1 Å². The second kappa shape index (κ2) is 2.80. The van der Waals surface area contributed by atoms with Crippen molar-refractivity contribution < 1.29 is 10.1 Å². The predicted octanol–water partition coefficient (Wildman–Crippen LogP) is 1.13. The smallest absolute Gasteiger partial charge is 0.123 e. The first-order valence-corrected chi connectivity index (χ1v) is 3.28. The fraction of sp³-hybridized carbons (Fsp3) is 0.250. The molecule has 3 N–H and O–H groups in total. The second-order valence-electron chi connectivity index (χ2n) is 2.45. The van der Waals surface area contributed by atoms with Gasteiger partial charge in [0.15, 0.2) is 0 Å². The molecule has 0 aliphatic rings. The monoisotopic (exact) mass is 140 g/mol. The molecule has 54 valence electrons. The molecule has 0 spiro atoms. The number of halogens is 1. The Balaban J connectivity index is 2.89. The van der Waals surface area contributed by atoms with Crippen molar-refractivity contribution in [3.63, 3.8) is 0 Å². The fourth-order valence-corrected chi connectivity index (χ4v) is 0.791. The zero-order valence-corrected chi connectivity index (χ0v) is 5.97. The molecule has 0 fully saturated rings. The van der Waals surface area contributed by atoms with Crippen LogP contribution in [0.25, 0.3) is 0 Å². The van der Waals surface area contributed by atoms with Gasteiger partial charge in [0.2, 0.25) is 0 Å². The number of benzene rings is 1. The van der Waals surface area contributed by atoms with E-state index in [-0.39, 0.29) is 11.9 Å². The lowest BCUT2D eigenvalue weighted by molar-refractivity contribution is -0.420. The molecule has 0 bridgehead atoms. The highest BCUT2D eigenvalue weighted by Crippen LogP contribution is 2.07. The summed E-state index contributed by atoms with van der Waals surface area (Å²) >= 11 is 0. The van der Waals surface area contributed by atoms with Crippen molar-refractivity contribution in [2.45, 2.75) is 13.0 Å². The van der Waals surface area contributed by atoms with Crippen LogP contribution >= 0.6 is 0 Å². The number of hydrogen-bond acceptors (Lipinski definition) is 0. The van der Waals surface area contributed by atoms with E-state index in [9.17, 15) is 4.39 Å². The van der Waals surface area contributed by atoms with Gasteiger partial charge in [-0.3, -0.25) is 0 Å². The van der Waals surface area contributed by atoms with Gasteiger partial charge in [0.1, 0.15) is 11.9 Å². The quantitative estimate of drug-likeness (QED) is 0.605. The Morgan fingerprint density at radius 3 is 2.20 bits per heavy atom. The average Bonchev–Trinajstić information content (AvgIpc) is 1.88. The van der Waals surface area contributed by atoms with Gasteiger partial charge in [0.25, 0.3) is 0 Å². The molecule has 1 rings (SSSR count). The average molecular weight is 140 g/mol. The van der Waals surface area contributed by atoms with Crippen LogP contribution in [0.2, 0.25) is 0 Å². The van der Waals surface area contributed by atoms with Crippen molar-refractivity contribution in [2.24, 2.45) is 0 Å². The molecular weight excluding hydrogens is 129 g/mol. The zero-order chi connectivity index (χ0) is 7.56. The van der Waals surface area contributed by atoms with Crippen molar-refractivity contribution in [2.75, 3.05) is 0 Å². The van der Waals surface area contributed by atoms with Crippen molar-refractivity contribution in [3.05, 3.63) is 35.6 Å². The Bertz CT molecular complexity index is 203. The third kappa shape index (κ3) is 1.54. The summed E-state index contributed by atoms with van der Waals surface area (Å²) in [5, 5.41) is 0. The highest BCUT2D eigenvalue weighted by Gasteiger charge is 2.00. The normalized spacial score (nSPS) is 13.1. The largest absolute Gasteiger partial charge is 0.352 e. The lowest BCUT2D eigenvalue weighted by atomic mass is 10.1. The first kappa shape index (κ1) is 7.22. The van der Waals surface area contributed by atoms with Crippen LogP contribution in [0.15, 0.2) is 24.3 Å². The molecule has 0 radical (unpaired) electrons. The van der Waals surface area contributed by atoms with Crippen LogP contribution in [0.1, 0.15) is 18.5 Å². The number of quaternary nitrogens is 1. The summed E-state index contributed by atoms with van der Waals surface area (Å²) in [6, 6.07) is 6.66. The van der Waals surface area contributed by atoms with E-state index in [4.69, 9.17) is 0 Å². The topological polar surface area (TPSA) is 27.6 Å². The van der Waals surface area contributed by atoms with E-state index < -0.39 is 0 Å². The summed E-state index contributed by atoms with van der Waals surface area (Å²) in [7, 11) is 0. The third-order valence-corrected chi connectivity index (χ3v) is 1.44. The zero-order valence-electron chi connectivity index (χ0n) is 5.97. The molecular formula is C8H11FN+. The number of rotatable bonds is 1. The van der Waals surface area contributed by atoms with E-state index in [1.807, 2.05) is 6.92 Å². The minimum Gasteiger partial charge on any atom is -0.352 e. The van der Waals surface area contributed by atoms with Crippen molar-refractivity contribution >= 4 is 0 Å². The first-order valence-electron chi connectivity index (χ1n) is 3.28. The van der Waals surface area contributed by atoms with Gasteiger partial charge in [0, 0.05) is 5.56 Å². The Hall–Kier alpha value is -0.890. The van der Waals surface area contributed by atoms with Crippen molar-refractivity contribution in [1.29, 1.82) is 0 Å². The van der Waals surface area contributed by atoms with Crippen LogP contribution in [0.4, 0.5) is 4.39 Å². The first-order chi connectivity index (χ1) is 4.70. The van der Waals surface area contributed by atoms with Gasteiger partial charge in [-0.1, -0.05) is 12.1 Å². The van der Waals surface area contributed by atoms with Gasteiger partial charge in [-0.25, -0.2) is 4.39 Å². The fourth-order valence-electron chi connectivity index (χ4n) is 0.791. The van der Waals surface area contributed by atoms with Gasteiger partial charge >= 0.3 is 0 Å². The minimum absolute atomic E-state index is 0.190. The summed E-state index contributed by atoms with van der Waals surface area (Å²) in [4.78, 5) is 0. The second-order valence-corrected chi connectivity index (χ2v) is 2.45. The highest BCUT2D eigenvalue weighted by molar-refractivity contribution is 5.17. The summed E-state index contributed by atoms with van der Waals surface area (Å²) in [5.74, 6) is -0.190. The summed E-state index contributed by atoms with van der Waals surface area (Å²) in [6.07, 6.45) is 0. The maximum atomic E-state index is 12.3. The molecule has 0 saturated carbocycles. The van der Waals surface area contributed by atoms with Crippen LogP contribution in [0.5, 0.6) is 0 Å². The molecule has 1 aromatic carbocycles. The summed E-state index contributed by atoms with van der Waals surface area (Å²) in [6.45, 7) is 1.98. The van der Waals surface area contributed by atoms with Crippen LogP contribution < -0.4 is 5.73 Å². The minimum atomic E-state index is -0.190. The predicted molar refractivity (Wildman–Crippen MR) is 37.7 cm³/mol. The van der Waals surface area contributed by atoms with E-state index >= 15 is 0 Å². The molecule has 0 aromatic heterocycles. The lowest BCUT2D eigenvalue weighted by Gasteiger charge is -1.99. The molecule has 0 heterocycles. The van der Waals surface area contributed by atoms with Crippen LogP contribution in [0, 0.1) is 5.82 Å². The molecule has 1 nitrogen and oxygen atoms in total. The summed E-state index contributed by atoms with van der Waals surface area (Å²) < 4.78 is 12.3. The Morgan fingerprint density at radius 2 is 1.80 bits per heavy atom. The molecule has 1 atom stereocenters. The maximum Gasteiger partial charge on any atom is 0.123 e. The molecule has 0 aliphatic carbocycles. The van der Waals surface area contributed by atoms with Crippen molar-refractivity contribution in [1.82, 2.24) is 0 Å².